The topological polar surface area (TPSA) is 71.1 Å². The van der Waals surface area contributed by atoms with Crippen molar-refractivity contribution >= 4 is 12.0 Å². The van der Waals surface area contributed by atoms with E-state index >= 15 is 0 Å². The van der Waals surface area contributed by atoms with Gasteiger partial charge in [-0.1, -0.05) is 6.42 Å². The predicted octanol–water partition coefficient (Wildman–Crippen LogP) is 4.88. The first-order chi connectivity index (χ1) is 17.5. The maximum atomic E-state index is 13.9. The number of alkyl carbamates (subject to hydrolysis) is 1. The van der Waals surface area contributed by atoms with Crippen LogP contribution in [-0.2, 0) is 9.53 Å². The summed E-state index contributed by atoms with van der Waals surface area (Å²) < 4.78 is 51.5. The van der Waals surface area contributed by atoms with Gasteiger partial charge in [0.2, 0.25) is 5.91 Å². The van der Waals surface area contributed by atoms with Crippen molar-refractivity contribution < 1.29 is 32.2 Å². The van der Waals surface area contributed by atoms with Crippen molar-refractivity contribution in [3.8, 4) is 5.75 Å². The van der Waals surface area contributed by atoms with Gasteiger partial charge in [-0.25, -0.2) is 18.0 Å². The van der Waals surface area contributed by atoms with Crippen LogP contribution in [0.1, 0.15) is 65.7 Å². The highest BCUT2D eigenvalue weighted by Crippen LogP contribution is 2.28. The third-order valence-electron chi connectivity index (χ3n) is 6.76. The number of nitrogens with one attached hydrogen (secondary N) is 1. The van der Waals surface area contributed by atoms with Crippen molar-refractivity contribution in [2.24, 2.45) is 5.92 Å². The summed E-state index contributed by atoms with van der Waals surface area (Å²) in [6.07, 6.45) is 4.74. The Morgan fingerprint density at radius 3 is 2.16 bits per heavy atom. The van der Waals surface area contributed by atoms with Crippen molar-refractivity contribution in [2.75, 3.05) is 39.3 Å². The van der Waals surface area contributed by atoms with E-state index in [4.69, 9.17) is 9.47 Å². The SMILES string of the molecule is CC(C)(C)OC(=O)NCCCCCN1CCC(C(=O)N2CCC(Oc3c(F)cc(F)cc3F)CC2)CC1. The number of carbonyl (C=O) groups is 2. The summed E-state index contributed by atoms with van der Waals surface area (Å²) in [7, 11) is 0. The number of likely N-dealkylation sites (tertiary alicyclic amines) is 2. The number of carbonyl (C=O) groups excluding carboxylic acids is 2. The number of halogens is 3. The van der Waals surface area contributed by atoms with Crippen LogP contribution in [0.3, 0.4) is 0 Å². The average Bonchev–Trinajstić information content (AvgIpc) is 2.83. The lowest BCUT2D eigenvalue weighted by atomic mass is 9.94. The number of piperidine rings is 2. The molecule has 208 valence electrons. The van der Waals surface area contributed by atoms with E-state index in [-0.39, 0.29) is 17.9 Å². The lowest BCUT2D eigenvalue weighted by Crippen LogP contribution is -2.47. The van der Waals surface area contributed by atoms with Gasteiger partial charge in [0.25, 0.3) is 0 Å². The van der Waals surface area contributed by atoms with E-state index < -0.39 is 34.9 Å². The predicted molar refractivity (Wildman–Crippen MR) is 134 cm³/mol. The second kappa shape index (κ2) is 13.3. The van der Waals surface area contributed by atoms with Gasteiger partial charge in [-0.3, -0.25) is 4.79 Å². The fourth-order valence-electron chi connectivity index (χ4n) is 4.81. The van der Waals surface area contributed by atoms with Crippen LogP contribution in [0.4, 0.5) is 18.0 Å². The fourth-order valence-corrected chi connectivity index (χ4v) is 4.81. The molecule has 0 radical (unpaired) electrons. The zero-order valence-electron chi connectivity index (χ0n) is 22.2. The molecule has 2 amide bonds. The van der Waals surface area contributed by atoms with Crippen LogP contribution in [0.2, 0.25) is 0 Å². The summed E-state index contributed by atoms with van der Waals surface area (Å²) in [5, 5.41) is 2.78. The molecule has 2 aliphatic rings. The first-order valence-corrected chi connectivity index (χ1v) is 13.3. The number of hydrogen-bond donors (Lipinski definition) is 1. The Balaban J connectivity index is 1.28. The molecule has 3 rings (SSSR count). The standard InChI is InChI=1S/C27H40F3N3O4/c1-27(2,3)37-26(35)31-11-5-4-6-12-32-13-7-19(8-14-32)25(34)33-15-9-21(10-16-33)36-24-22(29)17-20(28)18-23(24)30/h17-19,21H,4-16H2,1-3H3,(H,31,35). The molecule has 7 nitrogen and oxygen atoms in total. The van der Waals surface area contributed by atoms with Crippen molar-refractivity contribution in [1.82, 2.24) is 15.1 Å². The van der Waals surface area contributed by atoms with Gasteiger partial charge in [-0.2, -0.15) is 0 Å². The maximum Gasteiger partial charge on any atom is 0.407 e. The molecule has 10 heteroatoms. The van der Waals surface area contributed by atoms with Gasteiger partial charge in [0.1, 0.15) is 17.5 Å². The molecular formula is C27H40F3N3O4. The molecule has 0 unspecified atom stereocenters. The molecule has 2 heterocycles. The Labute approximate surface area is 217 Å². The maximum absolute atomic E-state index is 13.9. The van der Waals surface area contributed by atoms with E-state index in [1.807, 2.05) is 25.7 Å². The number of rotatable bonds is 9. The molecule has 0 bridgehead atoms. The van der Waals surface area contributed by atoms with Crippen LogP contribution >= 0.6 is 0 Å². The Morgan fingerprint density at radius 1 is 0.946 bits per heavy atom. The molecule has 1 aromatic carbocycles. The quantitative estimate of drug-likeness (QED) is 0.464. The number of hydrogen-bond acceptors (Lipinski definition) is 5. The average molecular weight is 528 g/mol. The Bertz CT molecular complexity index is 886. The van der Waals surface area contributed by atoms with Crippen LogP contribution in [-0.4, -0.2) is 72.8 Å². The van der Waals surface area contributed by atoms with Gasteiger partial charge < -0.3 is 24.6 Å². The molecule has 0 aliphatic carbocycles. The zero-order chi connectivity index (χ0) is 27.0. The first-order valence-electron chi connectivity index (χ1n) is 13.3. The van der Waals surface area contributed by atoms with Gasteiger partial charge in [0, 0.05) is 50.5 Å². The first kappa shape index (κ1) is 29.1. The van der Waals surface area contributed by atoms with E-state index in [2.05, 4.69) is 10.2 Å². The molecule has 2 aliphatic heterocycles. The fraction of sp³-hybridized carbons (Fsp3) is 0.704. The van der Waals surface area contributed by atoms with Crippen LogP contribution in [0.15, 0.2) is 12.1 Å². The van der Waals surface area contributed by atoms with Gasteiger partial charge in [0.05, 0.1) is 0 Å². The second-order valence-electron chi connectivity index (χ2n) is 10.9. The zero-order valence-corrected chi connectivity index (χ0v) is 22.2. The second-order valence-corrected chi connectivity index (χ2v) is 10.9. The highest BCUT2D eigenvalue weighted by molar-refractivity contribution is 5.79. The Kier molecular flexibility index (Phi) is 10.5. The molecular weight excluding hydrogens is 487 g/mol. The molecule has 37 heavy (non-hydrogen) atoms. The Morgan fingerprint density at radius 2 is 1.57 bits per heavy atom. The van der Waals surface area contributed by atoms with Crippen LogP contribution in [0.25, 0.3) is 0 Å². The lowest BCUT2D eigenvalue weighted by Gasteiger charge is -2.37. The van der Waals surface area contributed by atoms with Crippen molar-refractivity contribution in [1.29, 1.82) is 0 Å². The van der Waals surface area contributed by atoms with Crippen molar-refractivity contribution in [3.05, 3.63) is 29.6 Å². The molecule has 0 saturated carbocycles. The van der Waals surface area contributed by atoms with Crippen LogP contribution in [0, 0.1) is 23.4 Å². The van der Waals surface area contributed by atoms with E-state index in [1.54, 1.807) is 0 Å². The van der Waals surface area contributed by atoms with Crippen molar-refractivity contribution in [3.63, 3.8) is 0 Å². The number of benzene rings is 1. The minimum Gasteiger partial charge on any atom is -0.484 e. The highest BCUT2D eigenvalue weighted by Gasteiger charge is 2.32. The molecule has 1 N–H and O–H groups in total. The van der Waals surface area contributed by atoms with Crippen molar-refractivity contribution in [2.45, 2.75) is 77.4 Å². The smallest absolute Gasteiger partial charge is 0.407 e. The molecule has 2 saturated heterocycles. The molecule has 0 spiro atoms. The number of unbranched alkanes of at least 4 members (excludes halogenated alkanes) is 2. The summed E-state index contributed by atoms with van der Waals surface area (Å²) in [4.78, 5) is 28.9. The van der Waals surface area contributed by atoms with E-state index in [0.717, 1.165) is 51.7 Å². The summed E-state index contributed by atoms with van der Waals surface area (Å²) in [5.41, 5.74) is -0.491. The molecule has 0 atom stereocenters. The van der Waals surface area contributed by atoms with Gasteiger partial charge in [0.15, 0.2) is 17.4 Å². The lowest BCUT2D eigenvalue weighted by molar-refractivity contribution is -0.139. The third kappa shape index (κ3) is 9.39. The molecule has 0 aromatic heterocycles. The normalized spacial score (nSPS) is 18.1. The summed E-state index contributed by atoms with van der Waals surface area (Å²) in [6, 6.07) is 1.21. The Hall–Kier alpha value is -2.49. The number of nitrogens with zero attached hydrogens (tertiary/aromatic N) is 2. The van der Waals surface area contributed by atoms with E-state index in [1.165, 1.54) is 0 Å². The minimum atomic E-state index is -1.06. The highest BCUT2D eigenvalue weighted by atomic mass is 19.1. The monoisotopic (exact) mass is 527 g/mol. The minimum absolute atomic E-state index is 0.00117. The van der Waals surface area contributed by atoms with Gasteiger partial charge >= 0.3 is 6.09 Å². The van der Waals surface area contributed by atoms with Gasteiger partial charge in [-0.05, 0) is 66.1 Å². The van der Waals surface area contributed by atoms with E-state index in [0.29, 0.717) is 44.6 Å². The third-order valence-corrected chi connectivity index (χ3v) is 6.76. The largest absolute Gasteiger partial charge is 0.484 e. The molecule has 2 fully saturated rings. The summed E-state index contributed by atoms with van der Waals surface area (Å²) >= 11 is 0. The summed E-state index contributed by atoms with van der Waals surface area (Å²) in [6.45, 7) is 9.81. The van der Waals surface area contributed by atoms with Crippen LogP contribution < -0.4 is 10.1 Å². The number of ether oxygens (including phenoxy) is 2. The molecule has 1 aromatic rings. The van der Waals surface area contributed by atoms with E-state index in [9.17, 15) is 22.8 Å². The number of amides is 2. The van der Waals surface area contributed by atoms with Crippen LogP contribution in [0.5, 0.6) is 5.75 Å². The summed E-state index contributed by atoms with van der Waals surface area (Å²) in [5.74, 6) is -3.51. The van der Waals surface area contributed by atoms with Gasteiger partial charge in [-0.15, -0.1) is 0 Å².